The Hall–Kier alpha value is -3.11. The van der Waals surface area contributed by atoms with E-state index in [-0.39, 0.29) is 27.7 Å². The summed E-state index contributed by atoms with van der Waals surface area (Å²) in [7, 11) is 2.82. The molecule has 0 unspecified atom stereocenters. The molecule has 2 aromatic carbocycles. The summed E-state index contributed by atoms with van der Waals surface area (Å²) in [5.41, 5.74) is 0.375. The predicted octanol–water partition coefficient (Wildman–Crippen LogP) is 3.72. The third-order valence-corrected chi connectivity index (χ3v) is 5.23. The number of rotatable bonds is 5. The van der Waals surface area contributed by atoms with Crippen molar-refractivity contribution >= 4 is 51.7 Å². The fourth-order valence-corrected chi connectivity index (χ4v) is 3.84. The molecular weight excluding hydrogens is 404 g/mol. The quantitative estimate of drug-likeness (QED) is 0.339. The lowest BCUT2D eigenvalue weighted by atomic mass is 10.1. The van der Waals surface area contributed by atoms with Crippen LogP contribution in [0.4, 0.5) is 11.4 Å². The molecule has 0 aliphatic carbocycles. The van der Waals surface area contributed by atoms with Gasteiger partial charge in [0.05, 0.1) is 35.8 Å². The second kappa shape index (κ2) is 7.87. The highest BCUT2D eigenvalue weighted by Crippen LogP contribution is 2.40. The summed E-state index contributed by atoms with van der Waals surface area (Å²) < 4.78 is 10.4. The van der Waals surface area contributed by atoms with Crippen molar-refractivity contribution in [3.8, 4) is 17.2 Å². The summed E-state index contributed by atoms with van der Waals surface area (Å²) in [6.07, 6.45) is 1.35. The van der Waals surface area contributed by atoms with Crippen LogP contribution in [0.15, 0.2) is 41.3 Å². The number of nitrogens with zero attached hydrogens (tertiary/aromatic N) is 2. The van der Waals surface area contributed by atoms with Crippen molar-refractivity contribution < 1.29 is 24.3 Å². The molecule has 1 amide bonds. The van der Waals surface area contributed by atoms with Crippen LogP contribution in [-0.4, -0.2) is 34.5 Å². The molecular formula is C18H14N2O6S2. The standard InChI is InChI=1S/C18H14N2O6S2/c1-25-13-5-3-11(4-6-13)19-17(22)15(28-18(19)27)8-10-7-12(20(23)24)9-14(26-2)16(10)21/h3-9,21H,1-2H3. The molecule has 2 aromatic rings. The van der Waals surface area contributed by atoms with E-state index in [1.807, 2.05) is 0 Å². The van der Waals surface area contributed by atoms with Gasteiger partial charge in [0.2, 0.25) is 0 Å². The van der Waals surface area contributed by atoms with E-state index in [0.717, 1.165) is 23.9 Å². The van der Waals surface area contributed by atoms with Crippen LogP contribution in [0.5, 0.6) is 17.2 Å². The minimum atomic E-state index is -0.609. The number of nitro groups is 1. The van der Waals surface area contributed by atoms with Crippen molar-refractivity contribution in [1.82, 2.24) is 0 Å². The van der Waals surface area contributed by atoms with Gasteiger partial charge in [-0.1, -0.05) is 24.0 Å². The van der Waals surface area contributed by atoms with Crippen molar-refractivity contribution in [3.63, 3.8) is 0 Å². The lowest BCUT2D eigenvalue weighted by Crippen LogP contribution is -2.27. The van der Waals surface area contributed by atoms with Crippen LogP contribution in [0, 0.1) is 10.1 Å². The number of aromatic hydroxyl groups is 1. The van der Waals surface area contributed by atoms with Crippen LogP contribution >= 0.6 is 24.0 Å². The molecule has 1 heterocycles. The number of non-ortho nitro benzene ring substituents is 1. The number of hydrogen-bond acceptors (Lipinski definition) is 8. The maximum Gasteiger partial charge on any atom is 0.274 e. The highest BCUT2D eigenvalue weighted by molar-refractivity contribution is 8.27. The van der Waals surface area contributed by atoms with E-state index in [9.17, 15) is 20.0 Å². The van der Waals surface area contributed by atoms with Crippen molar-refractivity contribution in [2.45, 2.75) is 0 Å². The Balaban J connectivity index is 1.99. The van der Waals surface area contributed by atoms with Gasteiger partial charge in [-0.3, -0.25) is 19.8 Å². The molecule has 3 rings (SSSR count). The second-order valence-corrected chi connectivity index (χ2v) is 7.23. The van der Waals surface area contributed by atoms with E-state index < -0.39 is 10.8 Å². The number of phenolic OH excluding ortho intramolecular Hbond substituents is 1. The largest absolute Gasteiger partial charge is 0.504 e. The summed E-state index contributed by atoms with van der Waals surface area (Å²) in [5, 5.41) is 21.4. The van der Waals surface area contributed by atoms with E-state index in [1.165, 1.54) is 25.2 Å². The van der Waals surface area contributed by atoms with Crippen molar-refractivity contribution in [1.29, 1.82) is 0 Å². The molecule has 28 heavy (non-hydrogen) atoms. The Labute approximate surface area is 169 Å². The summed E-state index contributed by atoms with van der Waals surface area (Å²) in [4.78, 5) is 24.9. The minimum absolute atomic E-state index is 0.0638. The van der Waals surface area contributed by atoms with E-state index in [2.05, 4.69) is 0 Å². The number of ether oxygens (including phenoxy) is 2. The molecule has 1 saturated heterocycles. The van der Waals surface area contributed by atoms with Crippen molar-refractivity contribution in [2.24, 2.45) is 0 Å². The number of amides is 1. The summed E-state index contributed by atoms with van der Waals surface area (Å²) in [6.45, 7) is 0. The molecule has 0 atom stereocenters. The van der Waals surface area contributed by atoms with Crippen molar-refractivity contribution in [3.05, 3.63) is 57.0 Å². The number of methoxy groups -OCH3 is 2. The third kappa shape index (κ3) is 3.64. The first-order valence-corrected chi connectivity index (χ1v) is 9.05. The molecule has 0 bridgehead atoms. The first kappa shape index (κ1) is 19.6. The van der Waals surface area contributed by atoms with Gasteiger partial charge in [0, 0.05) is 11.6 Å². The summed E-state index contributed by atoms with van der Waals surface area (Å²) in [6, 6.07) is 9.07. The monoisotopic (exact) mass is 418 g/mol. The average Bonchev–Trinajstić information content (AvgIpc) is 2.96. The molecule has 8 nitrogen and oxygen atoms in total. The fraction of sp³-hybridized carbons (Fsp3) is 0.111. The third-order valence-electron chi connectivity index (χ3n) is 3.93. The number of benzene rings is 2. The highest BCUT2D eigenvalue weighted by atomic mass is 32.2. The Kier molecular flexibility index (Phi) is 5.52. The van der Waals surface area contributed by atoms with E-state index in [0.29, 0.717) is 15.8 Å². The van der Waals surface area contributed by atoms with Gasteiger partial charge in [-0.15, -0.1) is 0 Å². The Morgan fingerprint density at radius 1 is 1.21 bits per heavy atom. The Bertz CT molecular complexity index is 1000. The van der Waals surface area contributed by atoms with Crippen LogP contribution in [0.1, 0.15) is 5.56 Å². The maximum absolute atomic E-state index is 12.8. The first-order chi connectivity index (χ1) is 13.3. The molecule has 10 heteroatoms. The van der Waals surface area contributed by atoms with Crippen LogP contribution in [0.3, 0.4) is 0 Å². The number of anilines is 1. The number of carbonyl (C=O) groups is 1. The van der Waals surface area contributed by atoms with Gasteiger partial charge in [-0.25, -0.2) is 0 Å². The maximum atomic E-state index is 12.8. The van der Waals surface area contributed by atoms with E-state index >= 15 is 0 Å². The lowest BCUT2D eigenvalue weighted by molar-refractivity contribution is -0.385. The number of thioether (sulfide) groups is 1. The van der Waals surface area contributed by atoms with E-state index in [4.69, 9.17) is 21.7 Å². The first-order valence-electron chi connectivity index (χ1n) is 7.83. The van der Waals surface area contributed by atoms with Gasteiger partial charge in [0.1, 0.15) is 5.75 Å². The fourth-order valence-electron chi connectivity index (χ4n) is 2.55. The Morgan fingerprint density at radius 3 is 2.46 bits per heavy atom. The number of thiocarbonyl (C=S) groups is 1. The van der Waals surface area contributed by atoms with Gasteiger partial charge < -0.3 is 14.6 Å². The van der Waals surface area contributed by atoms with E-state index in [1.54, 1.807) is 24.3 Å². The zero-order valence-corrected chi connectivity index (χ0v) is 16.4. The molecule has 1 aliphatic rings. The van der Waals surface area contributed by atoms with Gasteiger partial charge in [-0.2, -0.15) is 0 Å². The smallest absolute Gasteiger partial charge is 0.274 e. The van der Waals surface area contributed by atoms with Crippen LogP contribution in [0.2, 0.25) is 0 Å². The Morgan fingerprint density at radius 2 is 1.89 bits per heavy atom. The molecule has 0 radical (unpaired) electrons. The molecule has 1 fully saturated rings. The number of hydrogen-bond donors (Lipinski definition) is 1. The molecule has 144 valence electrons. The number of nitro benzene ring substituents is 1. The summed E-state index contributed by atoms with van der Waals surface area (Å²) in [5.74, 6) is -0.128. The van der Waals surface area contributed by atoms with Crippen LogP contribution < -0.4 is 14.4 Å². The molecule has 0 spiro atoms. The van der Waals surface area contributed by atoms with Crippen molar-refractivity contribution in [2.75, 3.05) is 19.1 Å². The zero-order valence-electron chi connectivity index (χ0n) is 14.7. The lowest BCUT2D eigenvalue weighted by Gasteiger charge is -2.14. The minimum Gasteiger partial charge on any atom is -0.504 e. The van der Waals surface area contributed by atoms with Gasteiger partial charge in [-0.05, 0) is 30.3 Å². The highest BCUT2D eigenvalue weighted by Gasteiger charge is 2.33. The zero-order chi connectivity index (χ0) is 20.4. The average molecular weight is 418 g/mol. The van der Waals surface area contributed by atoms with Gasteiger partial charge in [0.15, 0.2) is 15.8 Å². The summed E-state index contributed by atoms with van der Waals surface area (Å²) >= 11 is 6.34. The van der Waals surface area contributed by atoms with Crippen LogP contribution in [-0.2, 0) is 4.79 Å². The van der Waals surface area contributed by atoms with Crippen LogP contribution in [0.25, 0.3) is 6.08 Å². The van der Waals surface area contributed by atoms with Gasteiger partial charge >= 0.3 is 0 Å². The topological polar surface area (TPSA) is 102 Å². The normalized spacial score (nSPS) is 15.2. The molecule has 0 saturated carbocycles. The second-order valence-electron chi connectivity index (χ2n) is 5.56. The number of carbonyl (C=O) groups excluding carboxylic acids is 1. The molecule has 1 aliphatic heterocycles. The van der Waals surface area contributed by atoms with Gasteiger partial charge in [0.25, 0.3) is 11.6 Å². The molecule has 0 aromatic heterocycles. The number of phenols is 1. The molecule has 1 N–H and O–H groups in total. The SMILES string of the molecule is COc1ccc(N2C(=O)C(=Cc3cc([N+](=O)[O-])cc(OC)c3O)SC2=S)cc1. The predicted molar refractivity (Wildman–Crippen MR) is 110 cm³/mol.